The third-order valence-corrected chi connectivity index (χ3v) is 4.40. The smallest absolute Gasteiger partial charge is 0.143 e. The van der Waals surface area contributed by atoms with Crippen molar-refractivity contribution >= 4 is 23.0 Å². The molecule has 0 bridgehead atoms. The van der Waals surface area contributed by atoms with E-state index < -0.39 is 0 Å². The van der Waals surface area contributed by atoms with Gasteiger partial charge in [0.15, 0.2) is 0 Å². The topological polar surface area (TPSA) is 24.1 Å². The van der Waals surface area contributed by atoms with Crippen molar-refractivity contribution in [3.05, 3.63) is 23.0 Å². The third-order valence-electron chi connectivity index (χ3n) is 4.12. The molecule has 1 fully saturated rings. The molecule has 1 aromatic rings. The van der Waals surface area contributed by atoms with Crippen LogP contribution >= 0.6 is 11.6 Å². The first-order chi connectivity index (χ1) is 8.74. The molecule has 3 rings (SSSR count). The summed E-state index contributed by atoms with van der Waals surface area (Å²) >= 11 is 5.84. The summed E-state index contributed by atoms with van der Waals surface area (Å²) in [7, 11) is 0. The first-order valence-corrected chi connectivity index (χ1v) is 7.11. The Hall–Kier alpha value is -0.960. The number of hydrogen-bond donors (Lipinski definition) is 2. The summed E-state index contributed by atoms with van der Waals surface area (Å²) in [6.45, 7) is 0.951. The first kappa shape index (κ1) is 12.1. The molecule has 2 nitrogen and oxygen atoms in total. The molecule has 0 amide bonds. The van der Waals surface area contributed by atoms with Crippen LogP contribution in [0.25, 0.3) is 0 Å². The molecule has 1 aromatic carbocycles. The first-order valence-electron chi connectivity index (χ1n) is 6.73. The van der Waals surface area contributed by atoms with Crippen LogP contribution in [0.1, 0.15) is 32.1 Å². The van der Waals surface area contributed by atoms with E-state index in [0.29, 0.717) is 12.0 Å². The van der Waals surface area contributed by atoms with Crippen LogP contribution in [0.5, 0.6) is 0 Å². The fourth-order valence-electron chi connectivity index (χ4n) is 3.07. The number of hydrogen-bond acceptors (Lipinski definition) is 2. The SMILES string of the molecule is Fc1cc2c(cc1Cl)NCC1CCCCCC1N2. The molecule has 2 atom stereocenters. The molecule has 0 radical (unpaired) electrons. The van der Waals surface area contributed by atoms with Crippen LogP contribution in [0, 0.1) is 11.7 Å². The van der Waals surface area contributed by atoms with Crippen molar-refractivity contribution in [2.45, 2.75) is 38.1 Å². The Bertz CT molecular complexity index is 450. The van der Waals surface area contributed by atoms with Crippen molar-refractivity contribution in [2.24, 2.45) is 5.92 Å². The predicted molar refractivity (Wildman–Crippen MR) is 73.9 cm³/mol. The molecule has 2 aliphatic rings. The van der Waals surface area contributed by atoms with Crippen molar-refractivity contribution in [1.29, 1.82) is 0 Å². The summed E-state index contributed by atoms with van der Waals surface area (Å²) in [6.07, 6.45) is 6.30. The van der Waals surface area contributed by atoms with Crippen LogP contribution < -0.4 is 10.6 Å². The number of nitrogens with one attached hydrogen (secondary N) is 2. The molecular weight excluding hydrogens is 251 g/mol. The monoisotopic (exact) mass is 268 g/mol. The zero-order valence-corrected chi connectivity index (χ0v) is 11.1. The lowest BCUT2D eigenvalue weighted by Crippen LogP contribution is -2.30. The fourth-order valence-corrected chi connectivity index (χ4v) is 3.24. The van der Waals surface area contributed by atoms with E-state index in [1.165, 1.54) is 38.2 Å². The molecule has 2 N–H and O–H groups in total. The van der Waals surface area contributed by atoms with E-state index in [2.05, 4.69) is 10.6 Å². The van der Waals surface area contributed by atoms with Crippen molar-refractivity contribution in [1.82, 2.24) is 0 Å². The third kappa shape index (κ3) is 2.28. The van der Waals surface area contributed by atoms with E-state index in [1.54, 1.807) is 6.07 Å². The Morgan fingerprint density at radius 2 is 1.94 bits per heavy atom. The van der Waals surface area contributed by atoms with Crippen molar-refractivity contribution in [3.8, 4) is 0 Å². The average Bonchev–Trinajstić information content (AvgIpc) is 2.64. The Kier molecular flexibility index (Phi) is 3.33. The number of fused-ring (bicyclic) bond motifs is 2. The number of halogens is 2. The predicted octanol–water partition coefficient (Wildman–Crippen LogP) is 4.27. The standard InChI is InChI=1S/C14H18ClFN2/c15-10-6-13-14(7-11(10)16)18-12-5-3-1-2-4-9(12)8-17-13/h6-7,9,12,17-18H,1-5,8H2. The zero-order chi connectivity index (χ0) is 12.5. The van der Waals surface area contributed by atoms with E-state index >= 15 is 0 Å². The van der Waals surface area contributed by atoms with Crippen LogP contribution in [0.15, 0.2) is 12.1 Å². The van der Waals surface area contributed by atoms with E-state index in [9.17, 15) is 4.39 Å². The summed E-state index contributed by atoms with van der Waals surface area (Å²) in [6, 6.07) is 3.66. The lowest BCUT2D eigenvalue weighted by Gasteiger charge is -2.23. The van der Waals surface area contributed by atoms with Gasteiger partial charge in [0.25, 0.3) is 0 Å². The zero-order valence-electron chi connectivity index (χ0n) is 10.3. The highest BCUT2D eigenvalue weighted by atomic mass is 35.5. The van der Waals surface area contributed by atoms with Gasteiger partial charge in [-0.2, -0.15) is 0 Å². The average molecular weight is 269 g/mol. The van der Waals surface area contributed by atoms with Crippen LogP contribution in [0.4, 0.5) is 15.8 Å². The van der Waals surface area contributed by atoms with Gasteiger partial charge in [0.2, 0.25) is 0 Å². The lowest BCUT2D eigenvalue weighted by molar-refractivity contribution is 0.444. The van der Waals surface area contributed by atoms with Gasteiger partial charge in [-0.1, -0.05) is 30.9 Å². The van der Waals surface area contributed by atoms with Crippen LogP contribution in [-0.2, 0) is 0 Å². The maximum absolute atomic E-state index is 13.5. The quantitative estimate of drug-likeness (QED) is 0.734. The Labute approximate surface area is 112 Å². The highest BCUT2D eigenvalue weighted by Crippen LogP contribution is 2.35. The molecule has 1 aliphatic heterocycles. The molecule has 1 saturated carbocycles. The van der Waals surface area contributed by atoms with Crippen molar-refractivity contribution < 1.29 is 4.39 Å². The van der Waals surface area contributed by atoms with Gasteiger partial charge >= 0.3 is 0 Å². The molecule has 0 spiro atoms. The molecule has 4 heteroatoms. The molecule has 2 unspecified atom stereocenters. The van der Waals surface area contributed by atoms with Gasteiger partial charge in [-0.15, -0.1) is 0 Å². The molecule has 1 heterocycles. The van der Waals surface area contributed by atoms with Crippen molar-refractivity contribution in [3.63, 3.8) is 0 Å². The van der Waals surface area contributed by atoms with E-state index in [4.69, 9.17) is 11.6 Å². The number of anilines is 2. The fraction of sp³-hybridized carbons (Fsp3) is 0.571. The lowest BCUT2D eigenvalue weighted by atomic mass is 9.95. The molecule has 1 aliphatic carbocycles. The minimum Gasteiger partial charge on any atom is -0.383 e. The number of rotatable bonds is 0. The minimum absolute atomic E-state index is 0.185. The Morgan fingerprint density at radius 1 is 1.11 bits per heavy atom. The second kappa shape index (κ2) is 4.96. The maximum Gasteiger partial charge on any atom is 0.143 e. The van der Waals surface area contributed by atoms with Crippen LogP contribution in [0.2, 0.25) is 5.02 Å². The molecule has 0 saturated heterocycles. The van der Waals surface area contributed by atoms with Gasteiger partial charge in [0.1, 0.15) is 5.82 Å². The number of benzene rings is 1. The van der Waals surface area contributed by atoms with E-state index in [0.717, 1.165) is 17.9 Å². The summed E-state index contributed by atoms with van der Waals surface area (Å²) in [4.78, 5) is 0. The minimum atomic E-state index is -0.350. The summed E-state index contributed by atoms with van der Waals surface area (Å²) in [5.74, 6) is 0.276. The largest absolute Gasteiger partial charge is 0.383 e. The van der Waals surface area contributed by atoms with Gasteiger partial charge < -0.3 is 10.6 Å². The van der Waals surface area contributed by atoms with Gasteiger partial charge in [0, 0.05) is 18.7 Å². The summed E-state index contributed by atoms with van der Waals surface area (Å²) in [5, 5.41) is 7.10. The summed E-state index contributed by atoms with van der Waals surface area (Å²) in [5.41, 5.74) is 1.78. The van der Waals surface area contributed by atoms with Gasteiger partial charge in [0.05, 0.1) is 16.4 Å². The normalized spacial score (nSPS) is 27.0. The Morgan fingerprint density at radius 3 is 2.83 bits per heavy atom. The highest BCUT2D eigenvalue weighted by molar-refractivity contribution is 6.31. The van der Waals surface area contributed by atoms with E-state index in [-0.39, 0.29) is 10.8 Å². The van der Waals surface area contributed by atoms with Crippen molar-refractivity contribution in [2.75, 3.05) is 17.2 Å². The van der Waals surface area contributed by atoms with Gasteiger partial charge in [-0.05, 0) is 24.8 Å². The summed E-state index contributed by atoms with van der Waals surface area (Å²) < 4.78 is 13.5. The molecule has 0 aromatic heterocycles. The van der Waals surface area contributed by atoms with Gasteiger partial charge in [-0.3, -0.25) is 0 Å². The second-order valence-corrected chi connectivity index (χ2v) is 5.75. The Balaban J connectivity index is 1.90. The molecule has 18 heavy (non-hydrogen) atoms. The highest BCUT2D eigenvalue weighted by Gasteiger charge is 2.27. The second-order valence-electron chi connectivity index (χ2n) is 5.34. The maximum atomic E-state index is 13.5. The molecule has 98 valence electrons. The van der Waals surface area contributed by atoms with Gasteiger partial charge in [-0.25, -0.2) is 4.39 Å². The van der Waals surface area contributed by atoms with Crippen LogP contribution in [-0.4, -0.2) is 12.6 Å². The van der Waals surface area contributed by atoms with Crippen LogP contribution in [0.3, 0.4) is 0 Å². The van der Waals surface area contributed by atoms with E-state index in [1.807, 2.05) is 0 Å². The molecular formula is C14H18ClFN2.